The van der Waals surface area contributed by atoms with E-state index in [0.717, 1.165) is 11.3 Å². The Hall–Kier alpha value is -2.78. The third-order valence-electron chi connectivity index (χ3n) is 4.11. The molecular formula is C19H9BBrNO5S. The molecule has 136 valence electrons. The number of ketones is 3. The summed E-state index contributed by atoms with van der Waals surface area (Å²) < 4.78 is 10.8. The van der Waals surface area contributed by atoms with E-state index in [0.29, 0.717) is 17.9 Å². The van der Waals surface area contributed by atoms with Gasteiger partial charge in [0.2, 0.25) is 11.6 Å². The highest BCUT2D eigenvalue weighted by Crippen LogP contribution is 2.34. The molecule has 0 saturated heterocycles. The molecule has 3 aromatic rings. The average Bonchev–Trinajstić information content (AvgIpc) is 3.39. The van der Waals surface area contributed by atoms with Crippen molar-refractivity contribution in [2.45, 2.75) is 6.61 Å². The monoisotopic (exact) mass is 453 g/mol. The molecule has 2 aromatic heterocycles. The number of furan rings is 1. The fourth-order valence-corrected chi connectivity index (χ4v) is 3.60. The van der Waals surface area contributed by atoms with Crippen LogP contribution in [0.3, 0.4) is 0 Å². The summed E-state index contributed by atoms with van der Waals surface area (Å²) in [5, 5.41) is 2.70. The van der Waals surface area contributed by atoms with Gasteiger partial charge in [-0.05, 0) is 45.7 Å². The molecule has 0 aliphatic heterocycles. The van der Waals surface area contributed by atoms with Gasteiger partial charge in [0.1, 0.15) is 37.2 Å². The van der Waals surface area contributed by atoms with Crippen molar-refractivity contribution in [2.75, 3.05) is 0 Å². The first kappa shape index (κ1) is 18.6. The Morgan fingerprint density at radius 2 is 1.96 bits per heavy atom. The minimum Gasteiger partial charge on any atom is -0.486 e. The number of thiazole rings is 1. The summed E-state index contributed by atoms with van der Waals surface area (Å²) in [6.07, 6.45) is 2.84. The number of aromatic nitrogens is 1. The van der Waals surface area contributed by atoms with Crippen LogP contribution >= 0.6 is 27.3 Å². The van der Waals surface area contributed by atoms with Gasteiger partial charge in [-0.15, -0.1) is 11.3 Å². The van der Waals surface area contributed by atoms with Crippen LogP contribution < -0.4 is 4.74 Å². The van der Waals surface area contributed by atoms with Gasteiger partial charge in [0.05, 0.1) is 15.6 Å². The smallest absolute Gasteiger partial charge is 0.240 e. The van der Waals surface area contributed by atoms with Crippen molar-refractivity contribution in [1.82, 2.24) is 4.98 Å². The first-order valence-corrected chi connectivity index (χ1v) is 9.66. The highest BCUT2D eigenvalue weighted by atomic mass is 79.9. The maximum atomic E-state index is 12.8. The molecule has 4 rings (SSSR count). The molecule has 28 heavy (non-hydrogen) atoms. The van der Waals surface area contributed by atoms with E-state index >= 15 is 0 Å². The van der Waals surface area contributed by atoms with Gasteiger partial charge >= 0.3 is 0 Å². The van der Waals surface area contributed by atoms with E-state index in [1.54, 1.807) is 30.5 Å². The van der Waals surface area contributed by atoms with Crippen molar-refractivity contribution in [3.63, 3.8) is 0 Å². The maximum Gasteiger partial charge on any atom is 0.240 e. The zero-order valence-corrected chi connectivity index (χ0v) is 16.5. The minimum atomic E-state index is -0.837. The number of carbonyl (C=O) groups excluding carboxylic acids is 3. The van der Waals surface area contributed by atoms with E-state index in [1.165, 1.54) is 11.3 Å². The summed E-state index contributed by atoms with van der Waals surface area (Å²) in [6, 6.07) is 6.43. The van der Waals surface area contributed by atoms with Gasteiger partial charge in [0.15, 0.2) is 5.78 Å². The maximum absolute atomic E-state index is 12.8. The third-order valence-corrected chi connectivity index (χ3v) is 5.65. The van der Waals surface area contributed by atoms with Crippen LogP contribution in [-0.2, 0) is 11.4 Å². The van der Waals surface area contributed by atoms with Crippen LogP contribution in [-0.4, -0.2) is 30.2 Å². The van der Waals surface area contributed by atoms with Crippen molar-refractivity contribution in [1.29, 1.82) is 0 Å². The van der Waals surface area contributed by atoms with Crippen LogP contribution in [0.4, 0.5) is 0 Å². The summed E-state index contributed by atoms with van der Waals surface area (Å²) in [4.78, 5) is 41.3. The van der Waals surface area contributed by atoms with Gasteiger partial charge in [-0.2, -0.15) is 0 Å². The molecule has 1 aliphatic rings. The first-order valence-electron chi connectivity index (χ1n) is 7.99. The lowest BCUT2D eigenvalue weighted by atomic mass is 9.82. The summed E-state index contributed by atoms with van der Waals surface area (Å²) in [6.45, 7) is 0.331. The van der Waals surface area contributed by atoms with Crippen LogP contribution in [0, 0.1) is 0 Å². The predicted molar refractivity (Wildman–Crippen MR) is 106 cm³/mol. The van der Waals surface area contributed by atoms with E-state index in [9.17, 15) is 14.4 Å². The molecule has 0 spiro atoms. The molecule has 0 atom stereocenters. The molecule has 2 radical (unpaired) electrons. The Labute approximate surface area is 172 Å². The summed E-state index contributed by atoms with van der Waals surface area (Å²) in [5.41, 5.74) is 0.190. The van der Waals surface area contributed by atoms with Crippen molar-refractivity contribution in [3.05, 3.63) is 74.0 Å². The summed E-state index contributed by atoms with van der Waals surface area (Å²) in [5.74, 6) is -1.52. The summed E-state index contributed by atoms with van der Waals surface area (Å²) >= 11 is 4.46. The molecular weight excluding hydrogens is 445 g/mol. The fourth-order valence-electron chi connectivity index (χ4n) is 2.71. The van der Waals surface area contributed by atoms with Crippen LogP contribution in [0.5, 0.6) is 5.75 Å². The van der Waals surface area contributed by atoms with Gasteiger partial charge < -0.3 is 9.15 Å². The molecule has 0 N–H and O–H groups in total. The van der Waals surface area contributed by atoms with Gasteiger partial charge in [0.25, 0.3) is 0 Å². The fraction of sp³-hybridized carbons (Fsp3) is 0.0526. The number of benzene rings is 1. The predicted octanol–water partition coefficient (Wildman–Crippen LogP) is 3.54. The van der Waals surface area contributed by atoms with Crippen molar-refractivity contribution >= 4 is 57.9 Å². The number of nitrogens with zero attached hydrogens (tertiary/aromatic N) is 1. The minimum absolute atomic E-state index is 0.00671. The second kappa shape index (κ2) is 7.33. The number of hydrogen-bond donors (Lipinski definition) is 0. The molecule has 0 amide bonds. The third kappa shape index (κ3) is 3.16. The largest absolute Gasteiger partial charge is 0.486 e. The van der Waals surface area contributed by atoms with Crippen molar-refractivity contribution in [3.8, 4) is 5.75 Å². The molecule has 2 heterocycles. The number of fused-ring (bicyclic) bond motifs is 1. The van der Waals surface area contributed by atoms with Crippen LogP contribution in [0.15, 0.2) is 51.0 Å². The molecule has 0 fully saturated rings. The SMILES string of the molecule is [B]C1=C(Br)C(=O)C(=O)c2c(C(=O)c3ccc(OCc4nccs4)cc3)coc21. The lowest BCUT2D eigenvalue weighted by Crippen LogP contribution is -2.23. The lowest BCUT2D eigenvalue weighted by molar-refractivity contribution is -0.111. The van der Waals surface area contributed by atoms with Crippen molar-refractivity contribution < 1.29 is 23.5 Å². The topological polar surface area (TPSA) is 86.5 Å². The number of ether oxygens (including phenoxy) is 1. The second-order valence-corrected chi connectivity index (χ2v) is 7.58. The van der Waals surface area contributed by atoms with Gasteiger partial charge in [-0.3, -0.25) is 14.4 Å². The molecule has 6 nitrogen and oxygen atoms in total. The quantitative estimate of drug-likeness (QED) is 0.333. The number of Topliss-reactive ketones (excluding diaryl/α,β-unsaturated/α-hetero) is 2. The molecule has 0 bridgehead atoms. The van der Waals surface area contributed by atoms with Crippen LogP contribution in [0.1, 0.15) is 37.0 Å². The number of halogens is 1. The highest BCUT2D eigenvalue weighted by Gasteiger charge is 2.36. The normalized spacial score (nSPS) is 13.6. The van der Waals surface area contributed by atoms with Gasteiger partial charge in [-0.1, -0.05) is 0 Å². The molecule has 9 heteroatoms. The Morgan fingerprint density at radius 3 is 2.64 bits per heavy atom. The number of allylic oxidation sites excluding steroid dienone is 1. The first-order chi connectivity index (χ1) is 13.5. The van der Waals surface area contributed by atoms with E-state index in [-0.39, 0.29) is 26.8 Å². The van der Waals surface area contributed by atoms with Gasteiger partial charge in [0, 0.05) is 17.1 Å². The Morgan fingerprint density at radius 1 is 1.21 bits per heavy atom. The number of carbonyl (C=O) groups is 3. The van der Waals surface area contributed by atoms with E-state index in [4.69, 9.17) is 17.0 Å². The Bertz CT molecular complexity index is 1130. The van der Waals surface area contributed by atoms with E-state index in [1.807, 2.05) is 5.38 Å². The molecule has 1 aliphatic carbocycles. The summed E-state index contributed by atoms with van der Waals surface area (Å²) in [7, 11) is 5.82. The highest BCUT2D eigenvalue weighted by molar-refractivity contribution is 9.12. The van der Waals surface area contributed by atoms with Crippen LogP contribution in [0.25, 0.3) is 5.47 Å². The van der Waals surface area contributed by atoms with E-state index in [2.05, 4.69) is 20.9 Å². The van der Waals surface area contributed by atoms with E-state index < -0.39 is 17.3 Å². The Kier molecular flexibility index (Phi) is 4.86. The van der Waals surface area contributed by atoms with Crippen molar-refractivity contribution in [2.24, 2.45) is 0 Å². The molecule has 1 aromatic carbocycles. The Balaban J connectivity index is 1.58. The standard InChI is InChI=1S/C19H9BBrNO5S/c20-14-15(21)18(25)17(24)13-11(7-27-19(13)14)16(23)9-1-3-10(4-2-9)26-8-12-22-5-6-28-12/h1-7H,8H2. The van der Waals surface area contributed by atoms with Crippen LogP contribution in [0.2, 0.25) is 0 Å². The zero-order chi connectivity index (χ0) is 19.8. The van der Waals surface area contributed by atoms with Gasteiger partial charge in [-0.25, -0.2) is 4.98 Å². The average molecular weight is 454 g/mol. The molecule has 0 unspecified atom stereocenters. The number of hydrogen-bond acceptors (Lipinski definition) is 7. The zero-order valence-electron chi connectivity index (χ0n) is 14.1. The molecule has 0 saturated carbocycles. The lowest BCUT2D eigenvalue weighted by Gasteiger charge is -2.12. The number of rotatable bonds is 5. The second-order valence-electron chi connectivity index (χ2n) is 5.81.